The number of rotatable bonds is 4. The fraction of sp³-hybridized carbons (Fsp3) is 0.389. The monoisotopic (exact) mass is 298 g/mol. The summed E-state index contributed by atoms with van der Waals surface area (Å²) in [6, 6.07) is 9.84. The van der Waals surface area contributed by atoms with E-state index in [9.17, 15) is 4.79 Å². The molecule has 1 saturated heterocycles. The van der Waals surface area contributed by atoms with Crippen molar-refractivity contribution in [3.05, 3.63) is 42.2 Å². The van der Waals surface area contributed by atoms with Crippen molar-refractivity contribution in [2.45, 2.75) is 26.2 Å². The second kappa shape index (κ2) is 6.69. The van der Waals surface area contributed by atoms with Crippen molar-refractivity contribution in [2.75, 3.05) is 19.7 Å². The highest BCUT2D eigenvalue weighted by Gasteiger charge is 2.20. The third kappa shape index (κ3) is 3.01. The summed E-state index contributed by atoms with van der Waals surface area (Å²) in [4.78, 5) is 17.6. The Bertz CT molecular complexity index is 642. The first-order valence-electron chi connectivity index (χ1n) is 7.99. The lowest BCUT2D eigenvalue weighted by Crippen LogP contribution is -2.35. The number of hydrogen-bond donors (Lipinski definition) is 1. The summed E-state index contributed by atoms with van der Waals surface area (Å²) in [5.41, 5.74) is 2.66. The van der Waals surface area contributed by atoms with Gasteiger partial charge in [-0.15, -0.1) is 0 Å². The van der Waals surface area contributed by atoms with Gasteiger partial charge in [-0.25, -0.2) is 0 Å². The number of nitrogens with zero attached hydrogens (tertiary/aromatic N) is 1. The summed E-state index contributed by atoms with van der Waals surface area (Å²) in [5.74, 6) is 0.945. The van der Waals surface area contributed by atoms with Crippen LogP contribution >= 0.6 is 0 Å². The quantitative estimate of drug-likeness (QED) is 0.935. The van der Waals surface area contributed by atoms with Crippen molar-refractivity contribution in [1.29, 1.82) is 0 Å². The number of carbonyl (C=O) groups is 1. The number of aromatic nitrogens is 1. The average molecular weight is 298 g/mol. The van der Waals surface area contributed by atoms with Crippen LogP contribution in [0.15, 0.2) is 36.5 Å². The van der Waals surface area contributed by atoms with Crippen LogP contribution in [0.1, 0.15) is 36.7 Å². The molecule has 1 aliphatic heterocycles. The first-order valence-corrected chi connectivity index (χ1v) is 7.99. The number of carbonyl (C=O) groups excluding carboxylic acids is 1. The Morgan fingerprint density at radius 3 is 2.77 bits per heavy atom. The number of amides is 1. The predicted octanol–water partition coefficient (Wildman–Crippen LogP) is 3.71. The SMILES string of the molecule is CCOc1ccccc1-c1c[nH]c(C(=O)N2CCCCC2)c1. The third-order valence-corrected chi connectivity index (χ3v) is 4.05. The maximum Gasteiger partial charge on any atom is 0.270 e. The van der Waals surface area contributed by atoms with E-state index < -0.39 is 0 Å². The number of piperidine rings is 1. The lowest BCUT2D eigenvalue weighted by Gasteiger charge is -2.26. The highest BCUT2D eigenvalue weighted by atomic mass is 16.5. The van der Waals surface area contributed by atoms with E-state index in [-0.39, 0.29) is 5.91 Å². The van der Waals surface area contributed by atoms with Gasteiger partial charge >= 0.3 is 0 Å². The van der Waals surface area contributed by atoms with Crippen LogP contribution in [-0.2, 0) is 0 Å². The lowest BCUT2D eigenvalue weighted by atomic mass is 10.1. The Kier molecular flexibility index (Phi) is 4.47. The van der Waals surface area contributed by atoms with Gasteiger partial charge in [0.2, 0.25) is 0 Å². The van der Waals surface area contributed by atoms with E-state index in [0.29, 0.717) is 12.3 Å². The fourth-order valence-electron chi connectivity index (χ4n) is 2.93. The van der Waals surface area contributed by atoms with Crippen LogP contribution in [0, 0.1) is 0 Å². The topological polar surface area (TPSA) is 45.3 Å². The zero-order valence-corrected chi connectivity index (χ0v) is 13.0. The molecule has 1 amide bonds. The van der Waals surface area contributed by atoms with E-state index in [1.807, 2.05) is 48.4 Å². The molecule has 1 aliphatic rings. The summed E-state index contributed by atoms with van der Waals surface area (Å²) < 4.78 is 5.67. The molecule has 0 radical (unpaired) electrons. The van der Waals surface area contributed by atoms with E-state index in [2.05, 4.69) is 4.98 Å². The fourth-order valence-corrected chi connectivity index (χ4v) is 2.93. The minimum absolute atomic E-state index is 0.0971. The summed E-state index contributed by atoms with van der Waals surface area (Å²) in [6.45, 7) is 4.33. The molecule has 0 atom stereocenters. The molecule has 0 aliphatic carbocycles. The number of hydrogen-bond acceptors (Lipinski definition) is 2. The van der Waals surface area contributed by atoms with E-state index >= 15 is 0 Å². The van der Waals surface area contributed by atoms with Crippen LogP contribution in [0.3, 0.4) is 0 Å². The number of H-pyrrole nitrogens is 1. The molecule has 1 N–H and O–H groups in total. The Morgan fingerprint density at radius 1 is 1.23 bits per heavy atom. The second-order valence-corrected chi connectivity index (χ2v) is 5.58. The number of benzene rings is 1. The van der Waals surface area contributed by atoms with Gasteiger partial charge in [0.05, 0.1) is 6.61 Å². The zero-order valence-electron chi connectivity index (χ0n) is 13.0. The molecular formula is C18H22N2O2. The average Bonchev–Trinajstić information content (AvgIpc) is 3.05. The van der Waals surface area contributed by atoms with Gasteiger partial charge in [-0.3, -0.25) is 4.79 Å². The highest BCUT2D eigenvalue weighted by molar-refractivity contribution is 5.94. The Balaban J connectivity index is 1.83. The number of aromatic amines is 1. The largest absolute Gasteiger partial charge is 0.493 e. The van der Waals surface area contributed by atoms with Crippen LogP contribution in [-0.4, -0.2) is 35.5 Å². The van der Waals surface area contributed by atoms with Gasteiger partial charge in [0.1, 0.15) is 11.4 Å². The first-order chi connectivity index (χ1) is 10.8. The summed E-state index contributed by atoms with van der Waals surface area (Å²) in [7, 11) is 0. The molecule has 116 valence electrons. The molecule has 4 heteroatoms. The smallest absolute Gasteiger partial charge is 0.270 e. The van der Waals surface area contributed by atoms with Gasteiger partial charge in [0, 0.05) is 30.4 Å². The molecular weight excluding hydrogens is 276 g/mol. The molecule has 0 bridgehead atoms. The molecule has 0 saturated carbocycles. The van der Waals surface area contributed by atoms with E-state index in [4.69, 9.17) is 4.74 Å². The molecule has 0 unspecified atom stereocenters. The van der Waals surface area contributed by atoms with E-state index in [0.717, 1.165) is 42.8 Å². The van der Waals surface area contributed by atoms with Crippen LogP contribution in [0.4, 0.5) is 0 Å². The lowest BCUT2D eigenvalue weighted by molar-refractivity contribution is 0.0719. The summed E-state index contributed by atoms with van der Waals surface area (Å²) in [6.07, 6.45) is 5.31. The van der Waals surface area contributed by atoms with Gasteiger partial charge in [-0.2, -0.15) is 0 Å². The Hall–Kier alpha value is -2.23. The first kappa shape index (κ1) is 14.7. The Labute approximate surface area is 131 Å². The molecule has 4 nitrogen and oxygen atoms in total. The van der Waals surface area contributed by atoms with Crippen LogP contribution in [0.25, 0.3) is 11.1 Å². The van der Waals surface area contributed by atoms with E-state index in [1.54, 1.807) is 0 Å². The molecule has 1 aromatic carbocycles. The van der Waals surface area contributed by atoms with E-state index in [1.165, 1.54) is 6.42 Å². The normalized spacial score (nSPS) is 14.9. The Morgan fingerprint density at radius 2 is 2.00 bits per heavy atom. The maximum absolute atomic E-state index is 12.5. The van der Waals surface area contributed by atoms with Crippen molar-refractivity contribution in [3.63, 3.8) is 0 Å². The highest BCUT2D eigenvalue weighted by Crippen LogP contribution is 2.30. The van der Waals surface area contributed by atoms with Gasteiger partial charge in [-0.1, -0.05) is 18.2 Å². The second-order valence-electron chi connectivity index (χ2n) is 5.58. The van der Waals surface area contributed by atoms with Gasteiger partial charge in [0.15, 0.2) is 0 Å². The maximum atomic E-state index is 12.5. The molecule has 22 heavy (non-hydrogen) atoms. The molecule has 0 spiro atoms. The van der Waals surface area contributed by atoms with Crippen molar-refractivity contribution < 1.29 is 9.53 Å². The third-order valence-electron chi connectivity index (χ3n) is 4.05. The van der Waals surface area contributed by atoms with Crippen LogP contribution in [0.2, 0.25) is 0 Å². The van der Waals surface area contributed by atoms with Crippen molar-refractivity contribution in [3.8, 4) is 16.9 Å². The predicted molar refractivity (Wildman–Crippen MR) is 87.2 cm³/mol. The zero-order chi connectivity index (χ0) is 15.4. The minimum Gasteiger partial charge on any atom is -0.493 e. The molecule has 1 aromatic heterocycles. The van der Waals surface area contributed by atoms with Gasteiger partial charge in [-0.05, 0) is 38.3 Å². The van der Waals surface area contributed by atoms with Crippen molar-refractivity contribution >= 4 is 5.91 Å². The number of para-hydroxylation sites is 1. The molecule has 1 fully saturated rings. The molecule has 3 rings (SSSR count). The van der Waals surface area contributed by atoms with Crippen LogP contribution in [0.5, 0.6) is 5.75 Å². The molecule has 2 heterocycles. The van der Waals surface area contributed by atoms with Crippen molar-refractivity contribution in [2.24, 2.45) is 0 Å². The van der Waals surface area contributed by atoms with Gasteiger partial charge < -0.3 is 14.6 Å². The number of likely N-dealkylation sites (tertiary alicyclic amines) is 1. The number of nitrogens with one attached hydrogen (secondary N) is 1. The van der Waals surface area contributed by atoms with Crippen molar-refractivity contribution in [1.82, 2.24) is 9.88 Å². The number of ether oxygens (including phenoxy) is 1. The van der Waals surface area contributed by atoms with Crippen LogP contribution < -0.4 is 4.74 Å². The van der Waals surface area contributed by atoms with Gasteiger partial charge in [0.25, 0.3) is 5.91 Å². The standard InChI is InChI=1S/C18H22N2O2/c1-2-22-17-9-5-4-8-15(17)14-12-16(19-13-14)18(21)20-10-6-3-7-11-20/h4-5,8-9,12-13,19H,2-3,6-7,10-11H2,1H3. The molecule has 2 aromatic rings. The summed E-state index contributed by atoms with van der Waals surface area (Å²) in [5, 5.41) is 0. The minimum atomic E-state index is 0.0971. The summed E-state index contributed by atoms with van der Waals surface area (Å²) >= 11 is 0.